The fraction of sp³-hybridized carbons (Fsp3) is 0.158. The molecule has 0 spiro atoms. The summed E-state index contributed by atoms with van der Waals surface area (Å²) in [7, 11) is 0. The van der Waals surface area contributed by atoms with Gasteiger partial charge in [0, 0.05) is 4.47 Å². The minimum absolute atomic E-state index is 0.0456. The van der Waals surface area contributed by atoms with E-state index in [9.17, 15) is 4.79 Å². The van der Waals surface area contributed by atoms with E-state index in [4.69, 9.17) is 4.74 Å². The van der Waals surface area contributed by atoms with Crippen molar-refractivity contribution in [1.29, 1.82) is 0 Å². The second kappa shape index (κ2) is 6.28. The summed E-state index contributed by atoms with van der Waals surface area (Å²) in [4.78, 5) is 18.1. The molecule has 2 aromatic heterocycles. The molecule has 0 aliphatic rings. The summed E-state index contributed by atoms with van der Waals surface area (Å²) in [6.45, 7) is 3.97. The second-order valence-corrected chi connectivity index (χ2v) is 7.85. The third-order valence-corrected chi connectivity index (χ3v) is 5.46. The summed E-state index contributed by atoms with van der Waals surface area (Å²) in [5.41, 5.74) is 2.54. The Morgan fingerprint density at radius 3 is 2.84 bits per heavy atom. The van der Waals surface area contributed by atoms with E-state index in [1.165, 1.54) is 11.3 Å². The van der Waals surface area contributed by atoms with Gasteiger partial charge in [-0.25, -0.2) is 9.38 Å². The van der Waals surface area contributed by atoms with Crippen molar-refractivity contribution in [3.05, 3.63) is 67.4 Å². The van der Waals surface area contributed by atoms with Crippen LogP contribution in [0.15, 0.2) is 51.7 Å². The summed E-state index contributed by atoms with van der Waals surface area (Å²) in [5.74, 6) is 0.781. The molecule has 0 fully saturated rings. The van der Waals surface area contributed by atoms with Crippen LogP contribution in [0.1, 0.15) is 19.4 Å². The average Bonchev–Trinajstić information content (AvgIpc) is 3.07. The number of imidazole rings is 1. The lowest BCUT2D eigenvalue weighted by atomic mass is 10.2. The Hall–Kier alpha value is -2.18. The van der Waals surface area contributed by atoms with Crippen molar-refractivity contribution in [2.45, 2.75) is 20.0 Å². The summed E-state index contributed by atoms with van der Waals surface area (Å²) in [6, 6.07) is 13.5. The van der Waals surface area contributed by atoms with Gasteiger partial charge in [0.2, 0.25) is 0 Å². The molecule has 2 heterocycles. The molecule has 0 amide bonds. The molecule has 0 atom stereocenters. The highest BCUT2D eigenvalue weighted by molar-refractivity contribution is 9.10. The highest BCUT2D eigenvalue weighted by Crippen LogP contribution is 2.24. The van der Waals surface area contributed by atoms with Gasteiger partial charge in [-0.05, 0) is 55.8 Å². The lowest BCUT2D eigenvalue weighted by Gasteiger charge is -2.10. The number of aromatic nitrogens is 2. The minimum Gasteiger partial charge on any atom is -0.491 e. The molecule has 4 aromatic rings. The zero-order valence-electron chi connectivity index (χ0n) is 13.7. The Balaban J connectivity index is 1.90. The van der Waals surface area contributed by atoms with E-state index in [1.54, 1.807) is 4.40 Å². The Bertz CT molecular complexity index is 1190. The molecule has 0 bridgehead atoms. The number of benzene rings is 2. The number of ether oxygens (including phenoxy) is 1. The molecule has 0 saturated carbocycles. The van der Waals surface area contributed by atoms with Crippen LogP contribution in [0.3, 0.4) is 0 Å². The lowest BCUT2D eigenvalue weighted by molar-refractivity contribution is 0.242. The largest absolute Gasteiger partial charge is 0.491 e. The van der Waals surface area contributed by atoms with Crippen molar-refractivity contribution in [3.8, 4) is 5.75 Å². The first kappa shape index (κ1) is 16.3. The van der Waals surface area contributed by atoms with E-state index in [2.05, 4.69) is 20.9 Å². The van der Waals surface area contributed by atoms with Gasteiger partial charge in [-0.15, -0.1) is 0 Å². The quantitative estimate of drug-likeness (QED) is 0.508. The molecule has 126 valence electrons. The third-order valence-electron chi connectivity index (χ3n) is 3.77. The number of para-hydroxylation sites is 2. The number of fused-ring (bicyclic) bond motifs is 3. The molecular formula is C19H15BrN2O2S. The number of rotatable bonds is 3. The van der Waals surface area contributed by atoms with Crippen LogP contribution in [0, 0.1) is 0 Å². The highest BCUT2D eigenvalue weighted by atomic mass is 79.9. The summed E-state index contributed by atoms with van der Waals surface area (Å²) in [6.07, 6.45) is 1.98. The van der Waals surface area contributed by atoms with Gasteiger partial charge < -0.3 is 4.74 Å². The fourth-order valence-electron chi connectivity index (χ4n) is 2.73. The van der Waals surface area contributed by atoms with Gasteiger partial charge in [0.25, 0.3) is 5.56 Å². The van der Waals surface area contributed by atoms with E-state index in [1.807, 2.05) is 62.4 Å². The molecule has 25 heavy (non-hydrogen) atoms. The van der Waals surface area contributed by atoms with Gasteiger partial charge in [0.15, 0.2) is 4.96 Å². The van der Waals surface area contributed by atoms with Gasteiger partial charge >= 0.3 is 0 Å². The van der Waals surface area contributed by atoms with Crippen LogP contribution in [0.5, 0.6) is 5.75 Å². The maximum atomic E-state index is 12.8. The number of hydrogen-bond acceptors (Lipinski definition) is 4. The third kappa shape index (κ3) is 2.96. The Labute approximate surface area is 156 Å². The topological polar surface area (TPSA) is 43.6 Å². The Kier molecular flexibility index (Phi) is 4.09. The van der Waals surface area contributed by atoms with Crippen molar-refractivity contribution in [2.24, 2.45) is 0 Å². The summed E-state index contributed by atoms with van der Waals surface area (Å²) >= 11 is 4.94. The summed E-state index contributed by atoms with van der Waals surface area (Å²) < 4.78 is 8.99. The molecule has 4 rings (SSSR count). The zero-order chi connectivity index (χ0) is 17.6. The van der Waals surface area contributed by atoms with Gasteiger partial charge in [-0.1, -0.05) is 39.4 Å². The predicted molar refractivity (Wildman–Crippen MR) is 106 cm³/mol. The molecule has 2 aromatic carbocycles. The van der Waals surface area contributed by atoms with Gasteiger partial charge in [0.1, 0.15) is 5.75 Å². The summed E-state index contributed by atoms with van der Waals surface area (Å²) in [5, 5.41) is 0. The van der Waals surface area contributed by atoms with Gasteiger partial charge in [-0.3, -0.25) is 4.79 Å². The molecule has 6 heteroatoms. The molecule has 0 saturated heterocycles. The van der Waals surface area contributed by atoms with Gasteiger partial charge in [0.05, 0.1) is 21.7 Å². The first-order valence-electron chi connectivity index (χ1n) is 7.91. The number of hydrogen-bond donors (Lipinski definition) is 0. The van der Waals surface area contributed by atoms with Crippen LogP contribution in [0.4, 0.5) is 0 Å². The molecule has 0 unspecified atom stereocenters. The zero-order valence-corrected chi connectivity index (χ0v) is 16.1. The number of nitrogens with zero attached hydrogens (tertiary/aromatic N) is 2. The van der Waals surface area contributed by atoms with Crippen LogP contribution in [-0.2, 0) is 0 Å². The van der Waals surface area contributed by atoms with E-state index in [0.717, 1.165) is 26.8 Å². The standard InChI is InChI=1S/C19H15BrN2O2S/c1-11(2)24-13-7-8-14(20)12(9-13)10-17-18(23)22-16-6-4-3-5-15(16)21-19(22)25-17/h3-11H,1-2H3/b17-10-. The molecule has 0 aliphatic carbocycles. The molecule has 0 N–H and O–H groups in total. The van der Waals surface area contributed by atoms with Crippen LogP contribution in [0.2, 0.25) is 0 Å². The van der Waals surface area contributed by atoms with Crippen molar-refractivity contribution in [2.75, 3.05) is 0 Å². The van der Waals surface area contributed by atoms with Crippen LogP contribution >= 0.6 is 27.3 Å². The fourth-order valence-corrected chi connectivity index (χ4v) is 4.07. The monoisotopic (exact) mass is 414 g/mol. The maximum absolute atomic E-state index is 12.8. The van der Waals surface area contributed by atoms with E-state index in [-0.39, 0.29) is 11.7 Å². The smallest absolute Gasteiger partial charge is 0.274 e. The van der Waals surface area contributed by atoms with Gasteiger partial charge in [-0.2, -0.15) is 0 Å². The molecule has 0 radical (unpaired) electrons. The minimum atomic E-state index is -0.0456. The first-order valence-corrected chi connectivity index (χ1v) is 9.52. The normalized spacial score (nSPS) is 12.6. The van der Waals surface area contributed by atoms with Crippen molar-refractivity contribution in [1.82, 2.24) is 9.38 Å². The van der Waals surface area contributed by atoms with Crippen molar-refractivity contribution < 1.29 is 4.74 Å². The van der Waals surface area contributed by atoms with Crippen LogP contribution < -0.4 is 14.8 Å². The van der Waals surface area contributed by atoms with Crippen LogP contribution in [-0.4, -0.2) is 15.5 Å². The molecule has 4 nitrogen and oxygen atoms in total. The number of thiazole rings is 1. The van der Waals surface area contributed by atoms with E-state index >= 15 is 0 Å². The molecule has 0 aliphatic heterocycles. The second-order valence-electron chi connectivity index (χ2n) is 5.98. The highest BCUT2D eigenvalue weighted by Gasteiger charge is 2.11. The SMILES string of the molecule is CC(C)Oc1ccc(Br)c(/C=c2\sc3nc4ccccc4n3c2=O)c1. The van der Waals surface area contributed by atoms with E-state index < -0.39 is 0 Å². The molecular weight excluding hydrogens is 400 g/mol. The average molecular weight is 415 g/mol. The Morgan fingerprint density at radius 1 is 1.24 bits per heavy atom. The first-order chi connectivity index (χ1) is 12.0. The van der Waals surface area contributed by atoms with Crippen molar-refractivity contribution >= 4 is 49.3 Å². The lowest BCUT2D eigenvalue weighted by Crippen LogP contribution is -2.22. The van der Waals surface area contributed by atoms with Crippen molar-refractivity contribution in [3.63, 3.8) is 0 Å². The van der Waals surface area contributed by atoms with Crippen LogP contribution in [0.25, 0.3) is 22.1 Å². The van der Waals surface area contributed by atoms with E-state index in [0.29, 0.717) is 9.49 Å². The Morgan fingerprint density at radius 2 is 2.04 bits per heavy atom. The predicted octanol–water partition coefficient (Wildman–Crippen LogP) is 4.01. The maximum Gasteiger partial charge on any atom is 0.274 e. The number of halogens is 1.